The van der Waals surface area contributed by atoms with E-state index in [1.54, 1.807) is 6.92 Å². The summed E-state index contributed by atoms with van der Waals surface area (Å²) in [6.45, 7) is 4.28. The van der Waals surface area contributed by atoms with Crippen molar-refractivity contribution in [2.45, 2.75) is 51.5 Å². The van der Waals surface area contributed by atoms with Gasteiger partial charge in [-0.25, -0.2) is 0 Å². The van der Waals surface area contributed by atoms with E-state index in [-0.39, 0.29) is 17.2 Å². The molecule has 0 aromatic heterocycles. The smallest absolute Gasteiger partial charge is 0.242 e. The highest BCUT2D eigenvalue weighted by atomic mass is 16.5. The van der Waals surface area contributed by atoms with Crippen molar-refractivity contribution in [3.05, 3.63) is 29.8 Å². The molecule has 27 heavy (non-hydrogen) atoms. The van der Waals surface area contributed by atoms with Gasteiger partial charge in [-0.1, -0.05) is 24.6 Å². The van der Waals surface area contributed by atoms with Gasteiger partial charge in [-0.05, 0) is 63.7 Å². The second-order valence-corrected chi connectivity index (χ2v) is 7.68. The van der Waals surface area contributed by atoms with Crippen LogP contribution in [0.3, 0.4) is 0 Å². The van der Waals surface area contributed by atoms with Gasteiger partial charge in [0.25, 0.3) is 0 Å². The van der Waals surface area contributed by atoms with Crippen LogP contribution in [0.2, 0.25) is 0 Å². The lowest BCUT2D eigenvalue weighted by atomic mass is 9.74. The zero-order valence-corrected chi connectivity index (χ0v) is 16.2. The highest BCUT2D eigenvalue weighted by molar-refractivity contribution is 5.89. The number of aryl methyl sites for hydroxylation is 1. The van der Waals surface area contributed by atoms with Crippen LogP contribution in [0, 0.1) is 5.41 Å². The maximum absolute atomic E-state index is 13.0. The molecule has 3 N–H and O–H groups in total. The van der Waals surface area contributed by atoms with Crippen molar-refractivity contribution < 1.29 is 14.3 Å². The van der Waals surface area contributed by atoms with Crippen molar-refractivity contribution in [3.63, 3.8) is 0 Å². The predicted molar refractivity (Wildman–Crippen MR) is 105 cm³/mol. The van der Waals surface area contributed by atoms with Crippen molar-refractivity contribution >= 4 is 11.8 Å². The Bertz CT molecular complexity index is 656. The van der Waals surface area contributed by atoms with E-state index in [1.165, 1.54) is 5.56 Å². The van der Waals surface area contributed by atoms with Gasteiger partial charge in [-0.3, -0.25) is 9.59 Å². The number of carbonyl (C=O) groups is 2. The molecule has 0 bridgehead atoms. The molecule has 1 atom stereocenters. The maximum Gasteiger partial charge on any atom is 0.242 e. The summed E-state index contributed by atoms with van der Waals surface area (Å²) in [5.74, 6) is 0.748. The van der Waals surface area contributed by atoms with Gasteiger partial charge in [0.05, 0.1) is 12.0 Å². The highest BCUT2D eigenvalue weighted by Crippen LogP contribution is 2.35. The molecule has 6 heteroatoms. The Morgan fingerprint density at radius 3 is 2.63 bits per heavy atom. The Balaban J connectivity index is 1.76. The molecule has 1 aromatic rings. The van der Waals surface area contributed by atoms with E-state index in [4.69, 9.17) is 4.74 Å². The summed E-state index contributed by atoms with van der Waals surface area (Å²) in [6, 6.07) is 7.54. The Kier molecular flexibility index (Phi) is 6.72. The molecule has 0 radical (unpaired) electrons. The van der Waals surface area contributed by atoms with E-state index >= 15 is 0 Å². The van der Waals surface area contributed by atoms with E-state index in [1.807, 2.05) is 18.2 Å². The molecule has 1 aromatic carbocycles. The third-order valence-corrected chi connectivity index (χ3v) is 5.77. The molecule has 6 nitrogen and oxygen atoms in total. The summed E-state index contributed by atoms with van der Waals surface area (Å²) in [6.07, 6.45) is 5.46. The van der Waals surface area contributed by atoms with Gasteiger partial charge in [-0.2, -0.15) is 0 Å². The Hall–Kier alpha value is -2.08. The maximum atomic E-state index is 13.0. The van der Waals surface area contributed by atoms with Crippen LogP contribution in [0.4, 0.5) is 0 Å². The predicted octanol–water partition coefficient (Wildman–Crippen LogP) is 1.78. The monoisotopic (exact) mass is 373 g/mol. The van der Waals surface area contributed by atoms with Crippen LogP contribution >= 0.6 is 0 Å². The Labute approximate surface area is 161 Å². The molecule has 148 valence electrons. The molecular weight excluding hydrogens is 342 g/mol. The summed E-state index contributed by atoms with van der Waals surface area (Å²) >= 11 is 0. The zero-order valence-electron chi connectivity index (χ0n) is 16.2. The topological polar surface area (TPSA) is 79.5 Å². The lowest BCUT2D eigenvalue weighted by molar-refractivity contribution is -0.136. The second kappa shape index (κ2) is 9.22. The van der Waals surface area contributed by atoms with Crippen molar-refractivity contribution in [1.82, 2.24) is 16.0 Å². The molecule has 2 aliphatic rings. The van der Waals surface area contributed by atoms with Crippen molar-refractivity contribution in [2.24, 2.45) is 5.41 Å². The molecule has 1 saturated heterocycles. The minimum absolute atomic E-state index is 0.0261. The van der Waals surface area contributed by atoms with E-state index in [0.29, 0.717) is 13.2 Å². The van der Waals surface area contributed by atoms with Crippen LogP contribution in [-0.2, 0) is 16.0 Å². The van der Waals surface area contributed by atoms with E-state index in [0.717, 1.165) is 57.4 Å². The summed E-state index contributed by atoms with van der Waals surface area (Å²) in [5.41, 5.74) is 0.826. The molecule has 2 heterocycles. The normalized spacial score (nSPS) is 24.6. The molecule has 2 amide bonds. The van der Waals surface area contributed by atoms with Gasteiger partial charge in [-0.15, -0.1) is 0 Å². The number of hydrogen-bond donors (Lipinski definition) is 3. The summed E-state index contributed by atoms with van der Waals surface area (Å²) < 4.78 is 5.87. The van der Waals surface area contributed by atoms with Gasteiger partial charge in [0.15, 0.2) is 0 Å². The number of amides is 2. The number of ether oxygens (including phenoxy) is 1. The van der Waals surface area contributed by atoms with Crippen molar-refractivity contribution in [1.29, 1.82) is 0 Å². The van der Waals surface area contributed by atoms with Crippen LogP contribution < -0.4 is 20.7 Å². The zero-order chi connectivity index (χ0) is 19.1. The minimum Gasteiger partial charge on any atom is -0.491 e. The molecular formula is C21H31N3O3. The van der Waals surface area contributed by atoms with Gasteiger partial charge in [0.2, 0.25) is 11.8 Å². The molecule has 0 aliphatic carbocycles. The third kappa shape index (κ3) is 5.01. The van der Waals surface area contributed by atoms with Crippen LogP contribution in [0.1, 0.15) is 44.6 Å². The Morgan fingerprint density at radius 1 is 1.04 bits per heavy atom. The Morgan fingerprint density at radius 2 is 1.81 bits per heavy atom. The van der Waals surface area contributed by atoms with E-state index in [9.17, 15) is 9.59 Å². The summed E-state index contributed by atoms with van der Waals surface area (Å²) in [4.78, 5) is 25.4. The summed E-state index contributed by atoms with van der Waals surface area (Å²) in [7, 11) is 0. The van der Waals surface area contributed by atoms with Gasteiger partial charge in [0, 0.05) is 0 Å². The quantitative estimate of drug-likeness (QED) is 0.648. The second-order valence-electron chi connectivity index (χ2n) is 7.68. The first kappa shape index (κ1) is 19.7. The largest absolute Gasteiger partial charge is 0.491 e. The third-order valence-electron chi connectivity index (χ3n) is 5.77. The molecule has 1 spiro atoms. The van der Waals surface area contributed by atoms with Gasteiger partial charge < -0.3 is 20.7 Å². The van der Waals surface area contributed by atoms with Gasteiger partial charge in [0.1, 0.15) is 18.4 Å². The number of para-hydroxylation sites is 1. The van der Waals surface area contributed by atoms with Crippen LogP contribution in [0.25, 0.3) is 0 Å². The standard InChI is InChI=1S/C21H31N3O3/c1-16-19(25)23-14-15-27-18-8-3-2-6-17(18)7-4-5-9-21(20(26)24-16)10-12-22-13-11-21/h2-3,6,8,16,22H,4-5,7,9-15H2,1H3,(H,23,25)(H,24,26)/t16-/m0/s1. The molecule has 0 unspecified atom stereocenters. The fraction of sp³-hybridized carbons (Fsp3) is 0.619. The SMILES string of the molecule is C[C@@H]1NC(=O)C2(CCCCc3ccccc3OCCNC1=O)CCNCC2. The van der Waals surface area contributed by atoms with Crippen molar-refractivity contribution in [2.75, 3.05) is 26.2 Å². The van der Waals surface area contributed by atoms with Crippen LogP contribution in [0.15, 0.2) is 24.3 Å². The average Bonchev–Trinajstić information content (AvgIpc) is 2.69. The molecule has 3 rings (SSSR count). The minimum atomic E-state index is -0.540. The fourth-order valence-electron chi connectivity index (χ4n) is 4.03. The summed E-state index contributed by atoms with van der Waals surface area (Å²) in [5, 5.41) is 9.16. The average molecular weight is 373 g/mol. The first-order chi connectivity index (χ1) is 13.1. The van der Waals surface area contributed by atoms with E-state index < -0.39 is 6.04 Å². The number of piperidine rings is 1. The number of nitrogens with one attached hydrogen (secondary N) is 3. The molecule has 2 aliphatic heterocycles. The van der Waals surface area contributed by atoms with Crippen LogP contribution in [-0.4, -0.2) is 44.1 Å². The first-order valence-corrected chi connectivity index (χ1v) is 10.1. The first-order valence-electron chi connectivity index (χ1n) is 10.1. The lowest BCUT2D eigenvalue weighted by Crippen LogP contribution is -2.53. The number of benzene rings is 1. The highest BCUT2D eigenvalue weighted by Gasteiger charge is 2.39. The fourth-order valence-corrected chi connectivity index (χ4v) is 4.03. The number of hydrogen-bond acceptors (Lipinski definition) is 4. The molecule has 1 fully saturated rings. The van der Waals surface area contributed by atoms with E-state index in [2.05, 4.69) is 22.0 Å². The van der Waals surface area contributed by atoms with Crippen molar-refractivity contribution in [3.8, 4) is 5.75 Å². The van der Waals surface area contributed by atoms with Crippen LogP contribution in [0.5, 0.6) is 5.75 Å². The number of carbonyl (C=O) groups excluding carboxylic acids is 2. The number of fused-ring (bicyclic) bond motifs is 1. The number of rotatable bonds is 0. The van der Waals surface area contributed by atoms with Gasteiger partial charge >= 0.3 is 0 Å². The molecule has 0 saturated carbocycles. The lowest BCUT2D eigenvalue weighted by Gasteiger charge is -2.37.